The van der Waals surface area contributed by atoms with Crippen molar-refractivity contribution in [2.75, 3.05) is 18.0 Å². The van der Waals surface area contributed by atoms with E-state index in [-0.39, 0.29) is 23.7 Å². The third-order valence-electron chi connectivity index (χ3n) is 4.70. The Kier molecular flexibility index (Phi) is 4.66. The van der Waals surface area contributed by atoms with Gasteiger partial charge in [-0.1, -0.05) is 17.7 Å². The first-order valence-corrected chi connectivity index (χ1v) is 8.29. The summed E-state index contributed by atoms with van der Waals surface area (Å²) in [5.74, 6) is -0.709. The van der Waals surface area contributed by atoms with Crippen molar-refractivity contribution in [3.63, 3.8) is 0 Å². The number of carbonyl (C=O) groups is 3. The highest BCUT2D eigenvalue weighted by atomic mass is 35.5. The maximum atomic E-state index is 12.0. The number of anilines is 1. The first-order chi connectivity index (χ1) is 11.1. The summed E-state index contributed by atoms with van der Waals surface area (Å²) >= 11 is 6.39. The van der Waals surface area contributed by atoms with E-state index in [4.69, 9.17) is 11.6 Å². The number of halogens is 1. The van der Waals surface area contributed by atoms with Crippen LogP contribution < -0.4 is 10.2 Å². The molecule has 6 heteroatoms. The molecule has 0 aromatic heterocycles. The summed E-state index contributed by atoms with van der Waals surface area (Å²) in [6.07, 6.45) is 3.59. The van der Waals surface area contributed by atoms with Gasteiger partial charge in [-0.05, 0) is 37.0 Å². The lowest BCUT2D eigenvalue weighted by Crippen LogP contribution is -2.39. The summed E-state index contributed by atoms with van der Waals surface area (Å²) < 4.78 is 0. The standard InChI is InChI=1S/C17H19ClN2O3/c18-15-9-12(20-7-5-11(10-21)6-8-20)1-2-13(15)14-3-4-16(22)19-17(14)23/h1-2,9-11,14H,3-8H2,(H,19,22,23). The van der Waals surface area contributed by atoms with E-state index < -0.39 is 0 Å². The SMILES string of the molecule is O=CC1CCN(c2ccc(C3CCC(=O)NC3=O)c(Cl)c2)CC1. The first kappa shape index (κ1) is 16.0. The fraction of sp³-hybridized carbons (Fsp3) is 0.471. The Balaban J connectivity index is 1.75. The van der Waals surface area contributed by atoms with Crippen molar-refractivity contribution in [3.05, 3.63) is 28.8 Å². The summed E-state index contributed by atoms with van der Waals surface area (Å²) in [6.45, 7) is 1.66. The van der Waals surface area contributed by atoms with Gasteiger partial charge in [-0.15, -0.1) is 0 Å². The number of nitrogens with zero attached hydrogens (tertiary/aromatic N) is 1. The monoisotopic (exact) mass is 334 g/mol. The van der Waals surface area contributed by atoms with Crippen LogP contribution in [0.15, 0.2) is 18.2 Å². The number of amides is 2. The maximum absolute atomic E-state index is 12.0. The molecule has 2 aliphatic rings. The molecule has 2 aliphatic heterocycles. The van der Waals surface area contributed by atoms with Gasteiger partial charge in [0.15, 0.2) is 0 Å². The molecule has 0 radical (unpaired) electrons. The van der Waals surface area contributed by atoms with Crippen molar-refractivity contribution in [2.45, 2.75) is 31.6 Å². The van der Waals surface area contributed by atoms with E-state index in [0.29, 0.717) is 17.9 Å². The van der Waals surface area contributed by atoms with Gasteiger partial charge in [0, 0.05) is 36.1 Å². The van der Waals surface area contributed by atoms with Gasteiger partial charge >= 0.3 is 0 Å². The summed E-state index contributed by atoms with van der Waals surface area (Å²) in [5.41, 5.74) is 1.78. The number of nitrogens with one attached hydrogen (secondary N) is 1. The van der Waals surface area contributed by atoms with Gasteiger partial charge in [-0.2, -0.15) is 0 Å². The summed E-state index contributed by atoms with van der Waals surface area (Å²) in [4.78, 5) is 36.3. The van der Waals surface area contributed by atoms with E-state index in [0.717, 1.165) is 43.5 Å². The highest BCUT2D eigenvalue weighted by Gasteiger charge is 2.29. The molecule has 0 saturated carbocycles. The Labute approximate surface area is 140 Å². The van der Waals surface area contributed by atoms with Crippen molar-refractivity contribution in [1.82, 2.24) is 5.32 Å². The summed E-state index contributed by atoms with van der Waals surface area (Å²) in [5, 5.41) is 2.91. The zero-order chi connectivity index (χ0) is 16.4. The second-order valence-corrected chi connectivity index (χ2v) is 6.58. The lowest BCUT2D eigenvalue weighted by atomic mass is 9.90. The molecule has 23 heavy (non-hydrogen) atoms. The Morgan fingerprint density at radius 3 is 2.52 bits per heavy atom. The second-order valence-electron chi connectivity index (χ2n) is 6.17. The number of hydrogen-bond acceptors (Lipinski definition) is 4. The molecule has 1 aromatic carbocycles. The van der Waals surface area contributed by atoms with Crippen LogP contribution in [0.4, 0.5) is 5.69 Å². The first-order valence-electron chi connectivity index (χ1n) is 7.92. The van der Waals surface area contributed by atoms with E-state index in [1.54, 1.807) is 0 Å². The summed E-state index contributed by atoms with van der Waals surface area (Å²) in [6, 6.07) is 5.72. The quantitative estimate of drug-likeness (QED) is 0.680. The lowest BCUT2D eigenvalue weighted by Gasteiger charge is -2.32. The Hall–Kier alpha value is -1.88. The largest absolute Gasteiger partial charge is 0.371 e. The molecular weight excluding hydrogens is 316 g/mol. The molecule has 5 nitrogen and oxygen atoms in total. The minimum Gasteiger partial charge on any atom is -0.371 e. The van der Waals surface area contributed by atoms with Gasteiger partial charge in [-0.3, -0.25) is 14.9 Å². The van der Waals surface area contributed by atoms with Crippen LogP contribution in [-0.2, 0) is 14.4 Å². The average Bonchev–Trinajstić information content (AvgIpc) is 2.55. The molecule has 1 N–H and O–H groups in total. The molecule has 1 aromatic rings. The molecular formula is C17H19ClN2O3. The van der Waals surface area contributed by atoms with Gasteiger partial charge in [0.25, 0.3) is 0 Å². The molecule has 2 fully saturated rings. The van der Waals surface area contributed by atoms with Gasteiger partial charge in [0.1, 0.15) is 6.29 Å². The predicted octanol–water partition coefficient (Wildman–Crippen LogP) is 2.28. The highest BCUT2D eigenvalue weighted by Crippen LogP contribution is 2.34. The fourth-order valence-corrected chi connectivity index (χ4v) is 3.59. The summed E-state index contributed by atoms with van der Waals surface area (Å²) in [7, 11) is 0. The van der Waals surface area contributed by atoms with Crippen molar-refractivity contribution in [2.24, 2.45) is 5.92 Å². The molecule has 0 bridgehead atoms. The normalized spacial score (nSPS) is 22.8. The number of piperidine rings is 2. The minimum atomic E-state index is -0.366. The molecule has 0 aliphatic carbocycles. The average molecular weight is 335 g/mol. The Bertz CT molecular complexity index is 639. The smallest absolute Gasteiger partial charge is 0.234 e. The van der Waals surface area contributed by atoms with Crippen LogP contribution in [0.5, 0.6) is 0 Å². The van der Waals surface area contributed by atoms with Crippen LogP contribution in [0.1, 0.15) is 37.2 Å². The van der Waals surface area contributed by atoms with Gasteiger partial charge in [-0.25, -0.2) is 0 Å². The minimum absolute atomic E-state index is 0.157. The molecule has 122 valence electrons. The van der Waals surface area contributed by atoms with Crippen molar-refractivity contribution in [3.8, 4) is 0 Å². The number of imide groups is 1. The number of benzene rings is 1. The topological polar surface area (TPSA) is 66.5 Å². The van der Waals surface area contributed by atoms with Crippen LogP contribution in [0.25, 0.3) is 0 Å². The number of aldehydes is 1. The molecule has 0 spiro atoms. The third kappa shape index (κ3) is 3.39. The number of rotatable bonds is 3. The second kappa shape index (κ2) is 6.71. The highest BCUT2D eigenvalue weighted by molar-refractivity contribution is 6.32. The van der Waals surface area contributed by atoms with Crippen LogP contribution in [-0.4, -0.2) is 31.2 Å². The number of carbonyl (C=O) groups excluding carboxylic acids is 3. The predicted molar refractivity (Wildman–Crippen MR) is 87.6 cm³/mol. The Morgan fingerprint density at radius 2 is 1.91 bits per heavy atom. The fourth-order valence-electron chi connectivity index (χ4n) is 3.28. The van der Waals surface area contributed by atoms with Crippen LogP contribution in [0, 0.1) is 5.92 Å². The zero-order valence-electron chi connectivity index (χ0n) is 12.8. The maximum Gasteiger partial charge on any atom is 0.234 e. The van der Waals surface area contributed by atoms with E-state index in [2.05, 4.69) is 10.2 Å². The van der Waals surface area contributed by atoms with Gasteiger partial charge in [0.05, 0.1) is 5.92 Å². The van der Waals surface area contributed by atoms with Crippen molar-refractivity contribution < 1.29 is 14.4 Å². The molecule has 1 unspecified atom stereocenters. The Morgan fingerprint density at radius 1 is 1.17 bits per heavy atom. The lowest BCUT2D eigenvalue weighted by molar-refractivity contribution is -0.134. The molecule has 3 rings (SSSR count). The van der Waals surface area contributed by atoms with E-state index in [9.17, 15) is 14.4 Å². The van der Waals surface area contributed by atoms with Crippen LogP contribution >= 0.6 is 11.6 Å². The molecule has 2 amide bonds. The molecule has 1 atom stereocenters. The van der Waals surface area contributed by atoms with Gasteiger partial charge in [0.2, 0.25) is 11.8 Å². The third-order valence-corrected chi connectivity index (χ3v) is 5.02. The zero-order valence-corrected chi connectivity index (χ0v) is 13.5. The van der Waals surface area contributed by atoms with Crippen LogP contribution in [0.2, 0.25) is 5.02 Å². The van der Waals surface area contributed by atoms with E-state index >= 15 is 0 Å². The number of hydrogen-bond donors (Lipinski definition) is 1. The van der Waals surface area contributed by atoms with Crippen LogP contribution in [0.3, 0.4) is 0 Å². The molecule has 2 saturated heterocycles. The van der Waals surface area contributed by atoms with Gasteiger partial charge < -0.3 is 9.69 Å². The van der Waals surface area contributed by atoms with E-state index in [1.807, 2.05) is 18.2 Å². The molecule has 2 heterocycles. The van der Waals surface area contributed by atoms with Crippen molar-refractivity contribution in [1.29, 1.82) is 0 Å². The van der Waals surface area contributed by atoms with E-state index in [1.165, 1.54) is 0 Å². The van der Waals surface area contributed by atoms with Crippen molar-refractivity contribution >= 4 is 35.4 Å².